The van der Waals surface area contributed by atoms with Crippen LogP contribution < -0.4 is 0 Å². The smallest absolute Gasteiger partial charge is 0.256 e. The van der Waals surface area contributed by atoms with Crippen molar-refractivity contribution in [3.63, 3.8) is 0 Å². The number of halogens is 3. The third-order valence-electron chi connectivity index (χ3n) is 1.52. The van der Waals surface area contributed by atoms with E-state index in [1.165, 1.54) is 19.2 Å². The zero-order chi connectivity index (χ0) is 10.1. The van der Waals surface area contributed by atoms with Crippen molar-refractivity contribution in [1.82, 2.24) is 4.98 Å². The second-order valence-corrected chi connectivity index (χ2v) is 2.68. The van der Waals surface area contributed by atoms with Gasteiger partial charge in [-0.1, -0.05) is 6.58 Å². The zero-order valence-electron chi connectivity index (χ0n) is 7.02. The van der Waals surface area contributed by atoms with Crippen molar-refractivity contribution in [2.45, 2.75) is 13.1 Å². The fraction of sp³-hybridized carbons (Fsp3) is 0.222. The second-order valence-electron chi connectivity index (χ2n) is 2.68. The van der Waals surface area contributed by atoms with Gasteiger partial charge in [-0.2, -0.15) is 13.2 Å². The van der Waals surface area contributed by atoms with Crippen LogP contribution in [0.4, 0.5) is 13.2 Å². The van der Waals surface area contributed by atoms with Crippen LogP contribution in [-0.4, -0.2) is 4.98 Å². The third kappa shape index (κ3) is 2.08. The van der Waals surface area contributed by atoms with E-state index in [1.807, 2.05) is 0 Å². The van der Waals surface area contributed by atoms with Gasteiger partial charge in [-0.25, -0.2) is 0 Å². The maximum Gasteiger partial charge on any atom is 0.418 e. The molecule has 0 aromatic carbocycles. The summed E-state index contributed by atoms with van der Waals surface area (Å²) in [6.45, 7) is 4.93. The van der Waals surface area contributed by atoms with E-state index in [1.54, 1.807) is 0 Å². The summed E-state index contributed by atoms with van der Waals surface area (Å²) in [7, 11) is 0. The SMILES string of the molecule is C=C(C)c1ncccc1C(F)(F)F. The third-order valence-corrected chi connectivity index (χ3v) is 1.52. The minimum absolute atomic E-state index is 0.0880. The van der Waals surface area contributed by atoms with E-state index in [-0.39, 0.29) is 5.69 Å². The van der Waals surface area contributed by atoms with Gasteiger partial charge < -0.3 is 0 Å². The molecule has 1 nitrogen and oxygen atoms in total. The summed E-state index contributed by atoms with van der Waals surface area (Å²) in [5, 5.41) is 0. The lowest BCUT2D eigenvalue weighted by Gasteiger charge is -2.10. The molecule has 0 saturated carbocycles. The summed E-state index contributed by atoms with van der Waals surface area (Å²) in [5.41, 5.74) is -0.509. The maximum absolute atomic E-state index is 12.3. The van der Waals surface area contributed by atoms with Gasteiger partial charge in [0.05, 0.1) is 11.3 Å². The molecule has 0 atom stereocenters. The number of nitrogens with zero attached hydrogens (tertiary/aromatic N) is 1. The van der Waals surface area contributed by atoms with E-state index in [4.69, 9.17) is 0 Å². The highest BCUT2D eigenvalue weighted by Gasteiger charge is 2.33. The fourth-order valence-corrected chi connectivity index (χ4v) is 0.974. The number of hydrogen-bond acceptors (Lipinski definition) is 1. The van der Waals surface area contributed by atoms with Gasteiger partial charge in [0.2, 0.25) is 0 Å². The van der Waals surface area contributed by atoms with Crippen LogP contribution in [0.5, 0.6) is 0 Å². The van der Waals surface area contributed by atoms with Crippen LogP contribution in [0.15, 0.2) is 24.9 Å². The van der Waals surface area contributed by atoms with Gasteiger partial charge in [0.15, 0.2) is 0 Å². The molecule has 0 bridgehead atoms. The lowest BCUT2D eigenvalue weighted by Crippen LogP contribution is -2.09. The molecular weight excluding hydrogens is 179 g/mol. The molecular formula is C9H8F3N. The summed E-state index contributed by atoms with van der Waals surface area (Å²) in [5.74, 6) is 0. The Labute approximate surface area is 73.9 Å². The number of rotatable bonds is 1. The largest absolute Gasteiger partial charge is 0.418 e. The minimum Gasteiger partial charge on any atom is -0.256 e. The number of pyridine rings is 1. The van der Waals surface area contributed by atoms with Crippen LogP contribution in [0.25, 0.3) is 5.57 Å². The number of allylic oxidation sites excluding steroid dienone is 1. The van der Waals surface area contributed by atoms with E-state index < -0.39 is 11.7 Å². The van der Waals surface area contributed by atoms with Crippen LogP contribution in [-0.2, 0) is 6.18 Å². The monoisotopic (exact) mass is 187 g/mol. The summed E-state index contributed by atoms with van der Waals surface area (Å²) in [6, 6.07) is 2.26. The molecule has 0 radical (unpaired) electrons. The second kappa shape index (κ2) is 3.20. The Balaban J connectivity index is 3.28. The lowest BCUT2D eigenvalue weighted by molar-refractivity contribution is -0.138. The van der Waals surface area contributed by atoms with Crippen molar-refractivity contribution in [2.24, 2.45) is 0 Å². The van der Waals surface area contributed by atoms with Crippen molar-refractivity contribution < 1.29 is 13.2 Å². The van der Waals surface area contributed by atoms with Gasteiger partial charge in [-0.15, -0.1) is 0 Å². The van der Waals surface area contributed by atoms with Crippen LogP contribution in [0, 0.1) is 0 Å². The first-order chi connectivity index (χ1) is 5.93. The average Bonchev–Trinajstić information content (AvgIpc) is 2.03. The van der Waals surface area contributed by atoms with Crippen molar-refractivity contribution in [2.75, 3.05) is 0 Å². The highest BCUT2D eigenvalue weighted by atomic mass is 19.4. The Kier molecular flexibility index (Phi) is 2.40. The molecule has 13 heavy (non-hydrogen) atoms. The molecule has 0 aliphatic heterocycles. The van der Waals surface area contributed by atoms with Crippen LogP contribution in [0.1, 0.15) is 18.2 Å². The molecule has 0 N–H and O–H groups in total. The van der Waals surface area contributed by atoms with Crippen molar-refractivity contribution in [1.29, 1.82) is 0 Å². The first-order valence-corrected chi connectivity index (χ1v) is 3.61. The van der Waals surface area contributed by atoms with Gasteiger partial charge in [0.25, 0.3) is 0 Å². The summed E-state index contributed by atoms with van der Waals surface area (Å²) >= 11 is 0. The predicted molar refractivity (Wildman–Crippen MR) is 43.9 cm³/mol. The first kappa shape index (κ1) is 9.77. The molecule has 1 heterocycles. The Hall–Kier alpha value is -1.32. The molecule has 1 aromatic heterocycles. The first-order valence-electron chi connectivity index (χ1n) is 3.61. The van der Waals surface area contributed by atoms with Crippen LogP contribution >= 0.6 is 0 Å². The number of alkyl halides is 3. The molecule has 1 aromatic rings. The lowest BCUT2D eigenvalue weighted by atomic mass is 10.1. The van der Waals surface area contributed by atoms with Gasteiger partial charge in [0, 0.05) is 6.20 Å². The van der Waals surface area contributed by atoms with Gasteiger partial charge in [-0.3, -0.25) is 4.98 Å². The molecule has 1 rings (SSSR count). The Bertz CT molecular complexity index is 328. The molecule has 4 heteroatoms. The van der Waals surface area contributed by atoms with Crippen molar-refractivity contribution in [3.05, 3.63) is 36.2 Å². The maximum atomic E-state index is 12.3. The number of hydrogen-bond donors (Lipinski definition) is 0. The highest BCUT2D eigenvalue weighted by Crippen LogP contribution is 2.32. The van der Waals surface area contributed by atoms with E-state index in [2.05, 4.69) is 11.6 Å². The van der Waals surface area contributed by atoms with Crippen LogP contribution in [0.3, 0.4) is 0 Å². The average molecular weight is 187 g/mol. The zero-order valence-corrected chi connectivity index (χ0v) is 7.02. The molecule has 0 amide bonds. The summed E-state index contributed by atoms with van der Waals surface area (Å²) in [4.78, 5) is 3.63. The summed E-state index contributed by atoms with van der Waals surface area (Å²) < 4.78 is 37.0. The van der Waals surface area contributed by atoms with Crippen molar-refractivity contribution >= 4 is 5.57 Å². The number of aromatic nitrogens is 1. The van der Waals surface area contributed by atoms with E-state index in [9.17, 15) is 13.2 Å². The summed E-state index contributed by atoms with van der Waals surface area (Å²) in [6.07, 6.45) is -3.04. The Morgan fingerprint density at radius 2 is 2.08 bits per heavy atom. The quantitative estimate of drug-likeness (QED) is 0.658. The molecule has 0 spiro atoms. The van der Waals surface area contributed by atoms with Gasteiger partial charge in [0.1, 0.15) is 0 Å². The normalized spacial score (nSPS) is 11.4. The van der Waals surface area contributed by atoms with E-state index >= 15 is 0 Å². The van der Waals surface area contributed by atoms with Gasteiger partial charge in [-0.05, 0) is 24.6 Å². The predicted octanol–water partition coefficient (Wildman–Crippen LogP) is 3.13. The standard InChI is InChI=1S/C9H8F3N/c1-6(2)8-7(9(10,11)12)4-3-5-13-8/h3-5H,1H2,2H3. The Morgan fingerprint density at radius 3 is 2.46 bits per heavy atom. The molecule has 0 saturated heterocycles. The highest BCUT2D eigenvalue weighted by molar-refractivity contribution is 5.61. The van der Waals surface area contributed by atoms with Gasteiger partial charge >= 0.3 is 6.18 Å². The molecule has 0 unspecified atom stereocenters. The molecule has 0 aliphatic rings. The van der Waals surface area contributed by atoms with Crippen LogP contribution in [0.2, 0.25) is 0 Å². The Morgan fingerprint density at radius 1 is 1.46 bits per heavy atom. The molecule has 0 aliphatic carbocycles. The minimum atomic E-state index is -4.36. The molecule has 0 fully saturated rings. The van der Waals surface area contributed by atoms with E-state index in [0.29, 0.717) is 5.57 Å². The fourth-order valence-electron chi connectivity index (χ4n) is 0.974. The topological polar surface area (TPSA) is 12.9 Å². The van der Waals surface area contributed by atoms with E-state index in [0.717, 1.165) is 6.07 Å². The molecule has 70 valence electrons. The van der Waals surface area contributed by atoms with Crippen molar-refractivity contribution in [3.8, 4) is 0 Å².